The van der Waals surface area contributed by atoms with Gasteiger partial charge in [0.2, 0.25) is 0 Å². The van der Waals surface area contributed by atoms with Crippen LogP contribution in [0.1, 0.15) is 45.0 Å². The van der Waals surface area contributed by atoms with E-state index in [-0.39, 0.29) is 0 Å². The maximum atomic E-state index is 4.08. The normalized spacial score (nSPS) is 11.2. The summed E-state index contributed by atoms with van der Waals surface area (Å²) in [6, 6.07) is 8.90. The fourth-order valence-corrected chi connectivity index (χ4v) is 2.00. The molecule has 0 saturated carbocycles. The summed E-state index contributed by atoms with van der Waals surface area (Å²) in [5.41, 5.74) is 2.38. The van der Waals surface area contributed by atoms with E-state index in [2.05, 4.69) is 65.9 Å². The van der Waals surface area contributed by atoms with E-state index in [1.54, 1.807) is 4.68 Å². The van der Waals surface area contributed by atoms with Crippen LogP contribution in [-0.4, -0.2) is 26.2 Å². The monoisotopic (exact) mass is 273 g/mol. The Morgan fingerprint density at radius 1 is 1.20 bits per heavy atom. The minimum atomic E-state index is 0.413. The zero-order valence-electron chi connectivity index (χ0n) is 12.5. The van der Waals surface area contributed by atoms with E-state index in [0.29, 0.717) is 12.6 Å². The second-order valence-electron chi connectivity index (χ2n) is 5.31. The van der Waals surface area contributed by atoms with Crippen LogP contribution in [0, 0.1) is 0 Å². The Bertz CT molecular complexity index is 515. The molecule has 0 radical (unpaired) electrons. The van der Waals surface area contributed by atoms with Crippen molar-refractivity contribution in [2.75, 3.05) is 0 Å². The van der Waals surface area contributed by atoms with Crippen LogP contribution < -0.4 is 5.32 Å². The molecular formula is C15H23N5. The molecule has 5 heteroatoms. The molecule has 0 aliphatic carbocycles. The van der Waals surface area contributed by atoms with Crippen LogP contribution in [0.15, 0.2) is 24.3 Å². The molecule has 108 valence electrons. The molecule has 0 aliphatic rings. The number of aryl methyl sites for hydroxylation is 1. The molecule has 0 fully saturated rings. The molecule has 0 atom stereocenters. The van der Waals surface area contributed by atoms with Crippen LogP contribution in [0.2, 0.25) is 0 Å². The highest BCUT2D eigenvalue weighted by Gasteiger charge is 2.08. The summed E-state index contributed by atoms with van der Waals surface area (Å²) < 4.78 is 1.79. The molecule has 0 unspecified atom stereocenters. The number of tetrazole rings is 1. The maximum absolute atomic E-state index is 4.08. The number of nitrogens with one attached hydrogen (secondary N) is 1. The predicted octanol–water partition coefficient (Wildman–Crippen LogP) is 2.50. The Labute approximate surface area is 120 Å². The molecule has 2 aromatic rings. The maximum Gasteiger partial charge on any atom is 0.170 e. The van der Waals surface area contributed by atoms with Crippen molar-refractivity contribution in [1.82, 2.24) is 25.5 Å². The number of rotatable bonds is 7. The number of nitrogens with zero attached hydrogens (tertiary/aromatic N) is 4. The fourth-order valence-electron chi connectivity index (χ4n) is 2.00. The van der Waals surface area contributed by atoms with Crippen LogP contribution in [0.4, 0.5) is 0 Å². The first-order chi connectivity index (χ1) is 9.70. The minimum absolute atomic E-state index is 0.413. The molecule has 0 aliphatic heterocycles. The largest absolute Gasteiger partial charge is 0.308 e. The fraction of sp³-hybridized carbons (Fsp3) is 0.533. The summed E-state index contributed by atoms with van der Waals surface area (Å²) in [7, 11) is 0. The number of hydrogen-bond donors (Lipinski definition) is 1. The van der Waals surface area contributed by atoms with E-state index < -0.39 is 0 Å². The third kappa shape index (κ3) is 3.87. The van der Waals surface area contributed by atoms with Crippen molar-refractivity contribution in [2.45, 2.75) is 52.6 Å². The summed E-state index contributed by atoms with van der Waals surface area (Å²) in [6.07, 6.45) is 3.59. The van der Waals surface area contributed by atoms with Gasteiger partial charge < -0.3 is 5.32 Å². The highest BCUT2D eigenvalue weighted by molar-refractivity contribution is 5.34. The third-order valence-electron chi connectivity index (χ3n) is 3.20. The van der Waals surface area contributed by atoms with Gasteiger partial charge in [-0.2, -0.15) is 4.68 Å². The highest BCUT2D eigenvalue weighted by Crippen LogP contribution is 2.12. The quantitative estimate of drug-likeness (QED) is 0.842. The molecule has 0 bridgehead atoms. The first-order valence-electron chi connectivity index (χ1n) is 7.30. The molecule has 0 saturated heterocycles. The lowest BCUT2D eigenvalue weighted by Gasteiger charge is -2.09. The zero-order valence-corrected chi connectivity index (χ0v) is 12.5. The molecular weight excluding hydrogens is 250 g/mol. The third-order valence-corrected chi connectivity index (χ3v) is 3.20. The average molecular weight is 273 g/mol. The molecule has 1 aromatic carbocycles. The van der Waals surface area contributed by atoms with E-state index in [1.807, 2.05) is 0 Å². The topological polar surface area (TPSA) is 55.6 Å². The molecule has 1 heterocycles. The second-order valence-corrected chi connectivity index (χ2v) is 5.31. The number of aromatic nitrogens is 4. The zero-order chi connectivity index (χ0) is 14.4. The Hall–Kier alpha value is -1.75. The van der Waals surface area contributed by atoms with Gasteiger partial charge in [0.1, 0.15) is 0 Å². The summed E-state index contributed by atoms with van der Waals surface area (Å²) in [6.45, 7) is 7.10. The molecule has 20 heavy (non-hydrogen) atoms. The average Bonchev–Trinajstić information content (AvgIpc) is 2.92. The van der Waals surface area contributed by atoms with Gasteiger partial charge in [-0.15, -0.1) is 5.10 Å². The van der Waals surface area contributed by atoms with Gasteiger partial charge in [-0.3, -0.25) is 0 Å². The van der Waals surface area contributed by atoms with Crippen LogP contribution >= 0.6 is 0 Å². The molecule has 1 N–H and O–H groups in total. The van der Waals surface area contributed by atoms with E-state index in [9.17, 15) is 0 Å². The van der Waals surface area contributed by atoms with Gasteiger partial charge in [-0.1, -0.05) is 39.3 Å². The van der Waals surface area contributed by atoms with Gasteiger partial charge >= 0.3 is 0 Å². The summed E-state index contributed by atoms with van der Waals surface area (Å²) in [5, 5.41) is 15.3. The molecule has 0 spiro atoms. The van der Waals surface area contributed by atoms with Crippen molar-refractivity contribution in [3.8, 4) is 5.69 Å². The molecule has 0 amide bonds. The second kappa shape index (κ2) is 7.14. The van der Waals surface area contributed by atoms with Crippen LogP contribution in [-0.2, 0) is 13.0 Å². The predicted molar refractivity (Wildman–Crippen MR) is 79.7 cm³/mol. The Kier molecular flexibility index (Phi) is 5.24. The van der Waals surface area contributed by atoms with Crippen molar-refractivity contribution in [3.05, 3.63) is 35.7 Å². The standard InChI is InChI=1S/C15H23N5/c1-4-5-6-13-7-9-14(10-8-13)20-15(17-18-19-20)11-16-12(2)3/h7-10,12,16H,4-6,11H2,1-3H3. The van der Waals surface area contributed by atoms with Crippen molar-refractivity contribution in [1.29, 1.82) is 0 Å². The van der Waals surface area contributed by atoms with Crippen molar-refractivity contribution < 1.29 is 0 Å². The van der Waals surface area contributed by atoms with Gasteiger partial charge in [0.15, 0.2) is 5.82 Å². The Morgan fingerprint density at radius 3 is 2.60 bits per heavy atom. The molecule has 2 rings (SSSR count). The Balaban J connectivity index is 2.09. The van der Waals surface area contributed by atoms with Gasteiger partial charge in [0.05, 0.1) is 12.2 Å². The highest BCUT2D eigenvalue weighted by atomic mass is 15.5. The SMILES string of the molecule is CCCCc1ccc(-n2nnnc2CNC(C)C)cc1. The van der Waals surface area contributed by atoms with E-state index in [4.69, 9.17) is 0 Å². The first-order valence-corrected chi connectivity index (χ1v) is 7.30. The lowest BCUT2D eigenvalue weighted by atomic mass is 10.1. The smallest absolute Gasteiger partial charge is 0.170 e. The summed E-state index contributed by atoms with van der Waals surface area (Å²) in [4.78, 5) is 0. The van der Waals surface area contributed by atoms with Crippen molar-refractivity contribution in [3.63, 3.8) is 0 Å². The van der Waals surface area contributed by atoms with Crippen LogP contribution in [0.5, 0.6) is 0 Å². The summed E-state index contributed by atoms with van der Waals surface area (Å²) >= 11 is 0. The first kappa shape index (κ1) is 14.7. The van der Waals surface area contributed by atoms with E-state index >= 15 is 0 Å². The van der Waals surface area contributed by atoms with Gasteiger partial charge in [-0.25, -0.2) is 0 Å². The van der Waals surface area contributed by atoms with E-state index in [0.717, 1.165) is 17.9 Å². The van der Waals surface area contributed by atoms with E-state index in [1.165, 1.54) is 18.4 Å². The van der Waals surface area contributed by atoms with Gasteiger partial charge in [-0.05, 0) is 41.0 Å². The number of benzene rings is 1. The number of hydrogen-bond acceptors (Lipinski definition) is 4. The van der Waals surface area contributed by atoms with Crippen molar-refractivity contribution >= 4 is 0 Å². The number of unbranched alkanes of at least 4 members (excludes halogenated alkanes) is 1. The minimum Gasteiger partial charge on any atom is -0.308 e. The lowest BCUT2D eigenvalue weighted by Crippen LogP contribution is -2.24. The molecule has 1 aromatic heterocycles. The summed E-state index contributed by atoms with van der Waals surface area (Å²) in [5.74, 6) is 0.833. The van der Waals surface area contributed by atoms with Gasteiger partial charge in [0.25, 0.3) is 0 Å². The van der Waals surface area contributed by atoms with Crippen LogP contribution in [0.25, 0.3) is 5.69 Å². The lowest BCUT2D eigenvalue weighted by molar-refractivity contribution is 0.563. The van der Waals surface area contributed by atoms with Crippen LogP contribution in [0.3, 0.4) is 0 Å². The van der Waals surface area contributed by atoms with Gasteiger partial charge in [0, 0.05) is 6.04 Å². The molecule has 5 nitrogen and oxygen atoms in total. The van der Waals surface area contributed by atoms with Crippen molar-refractivity contribution in [2.24, 2.45) is 0 Å². The Morgan fingerprint density at radius 2 is 1.95 bits per heavy atom.